The Bertz CT molecular complexity index is 332. The van der Waals surface area contributed by atoms with Crippen molar-refractivity contribution in [3.63, 3.8) is 0 Å². The lowest BCUT2D eigenvalue weighted by Gasteiger charge is -2.31. The lowest BCUT2D eigenvalue weighted by atomic mass is 10.0. The summed E-state index contributed by atoms with van der Waals surface area (Å²) in [5, 5.41) is 9.09. The van der Waals surface area contributed by atoms with Gasteiger partial charge in [0.05, 0.1) is 25.3 Å². The SMILES string of the molecule is C=CCC(N)C(=O)N(CC)C1COCC1C(=O)O. The quantitative estimate of drug-likeness (QED) is 0.644. The molecule has 102 valence electrons. The van der Waals surface area contributed by atoms with Crippen LogP contribution in [0.2, 0.25) is 0 Å². The van der Waals surface area contributed by atoms with Gasteiger partial charge in [0.2, 0.25) is 5.91 Å². The molecule has 3 N–H and O–H groups in total. The van der Waals surface area contributed by atoms with Crippen LogP contribution in [0.3, 0.4) is 0 Å². The molecule has 0 aromatic carbocycles. The highest BCUT2D eigenvalue weighted by Gasteiger charge is 2.40. The summed E-state index contributed by atoms with van der Waals surface area (Å²) in [6.07, 6.45) is 1.96. The molecule has 1 amide bonds. The standard InChI is InChI=1S/C12H20N2O4/c1-3-5-9(13)11(15)14(4-2)10-7-18-6-8(10)12(16)17/h3,8-10H,1,4-7,13H2,2H3,(H,16,17). The van der Waals surface area contributed by atoms with Crippen LogP contribution in [-0.4, -0.2) is 53.7 Å². The van der Waals surface area contributed by atoms with Crippen molar-refractivity contribution >= 4 is 11.9 Å². The van der Waals surface area contributed by atoms with Crippen molar-refractivity contribution in [3.8, 4) is 0 Å². The van der Waals surface area contributed by atoms with E-state index in [1.54, 1.807) is 13.0 Å². The maximum atomic E-state index is 12.1. The Labute approximate surface area is 106 Å². The molecule has 0 aromatic heterocycles. The Balaban J connectivity index is 2.79. The molecule has 1 aliphatic rings. The second-order valence-corrected chi connectivity index (χ2v) is 4.30. The number of nitrogens with zero attached hydrogens (tertiary/aromatic N) is 1. The van der Waals surface area contributed by atoms with Crippen molar-refractivity contribution in [2.75, 3.05) is 19.8 Å². The topological polar surface area (TPSA) is 92.9 Å². The van der Waals surface area contributed by atoms with Crippen LogP contribution in [0.4, 0.5) is 0 Å². The third kappa shape index (κ3) is 3.08. The van der Waals surface area contributed by atoms with Gasteiger partial charge in [0.1, 0.15) is 5.92 Å². The van der Waals surface area contributed by atoms with E-state index in [1.165, 1.54) is 4.90 Å². The number of amides is 1. The van der Waals surface area contributed by atoms with Crippen LogP contribution in [-0.2, 0) is 14.3 Å². The van der Waals surface area contributed by atoms with Gasteiger partial charge in [0.25, 0.3) is 0 Å². The zero-order valence-corrected chi connectivity index (χ0v) is 10.5. The molecule has 1 rings (SSSR count). The van der Waals surface area contributed by atoms with Crippen LogP contribution in [0.5, 0.6) is 0 Å². The number of carbonyl (C=O) groups excluding carboxylic acids is 1. The number of carbonyl (C=O) groups is 2. The normalized spacial score (nSPS) is 24.6. The molecule has 0 spiro atoms. The van der Waals surface area contributed by atoms with E-state index in [0.717, 1.165) is 0 Å². The Hall–Kier alpha value is -1.40. The van der Waals surface area contributed by atoms with Crippen LogP contribution in [0.25, 0.3) is 0 Å². The summed E-state index contributed by atoms with van der Waals surface area (Å²) in [4.78, 5) is 24.7. The van der Waals surface area contributed by atoms with Crippen molar-refractivity contribution in [2.45, 2.75) is 25.4 Å². The molecule has 1 aliphatic heterocycles. The van der Waals surface area contributed by atoms with E-state index < -0.39 is 24.0 Å². The molecule has 18 heavy (non-hydrogen) atoms. The van der Waals surface area contributed by atoms with Crippen molar-refractivity contribution in [3.05, 3.63) is 12.7 Å². The minimum Gasteiger partial charge on any atom is -0.481 e. The van der Waals surface area contributed by atoms with Crippen molar-refractivity contribution in [2.24, 2.45) is 11.7 Å². The first-order chi connectivity index (χ1) is 8.52. The Morgan fingerprint density at radius 3 is 2.78 bits per heavy atom. The molecule has 1 heterocycles. The Morgan fingerprint density at radius 2 is 2.28 bits per heavy atom. The number of hydrogen-bond acceptors (Lipinski definition) is 4. The first-order valence-electron chi connectivity index (χ1n) is 6.00. The molecule has 0 saturated carbocycles. The number of likely N-dealkylation sites (N-methyl/N-ethyl adjacent to an activating group) is 1. The molecular formula is C12H20N2O4. The highest BCUT2D eigenvalue weighted by atomic mass is 16.5. The van der Waals surface area contributed by atoms with Crippen LogP contribution < -0.4 is 5.73 Å². The van der Waals surface area contributed by atoms with Gasteiger partial charge in [-0.2, -0.15) is 0 Å². The van der Waals surface area contributed by atoms with E-state index in [-0.39, 0.29) is 19.1 Å². The number of carboxylic acids is 1. The highest BCUT2D eigenvalue weighted by Crippen LogP contribution is 2.20. The second-order valence-electron chi connectivity index (χ2n) is 4.30. The molecule has 3 atom stereocenters. The van der Waals surface area contributed by atoms with E-state index in [9.17, 15) is 9.59 Å². The number of hydrogen-bond donors (Lipinski definition) is 2. The molecule has 1 fully saturated rings. The van der Waals surface area contributed by atoms with Crippen molar-refractivity contribution < 1.29 is 19.4 Å². The number of aliphatic carboxylic acids is 1. The summed E-state index contributed by atoms with van der Waals surface area (Å²) in [5.41, 5.74) is 5.74. The van der Waals surface area contributed by atoms with Gasteiger partial charge in [-0.25, -0.2) is 0 Å². The molecule has 6 nitrogen and oxygen atoms in total. The average Bonchev–Trinajstić information content (AvgIpc) is 2.79. The molecule has 1 saturated heterocycles. The van der Waals surface area contributed by atoms with Crippen LogP contribution in [0.15, 0.2) is 12.7 Å². The van der Waals surface area contributed by atoms with Crippen LogP contribution in [0.1, 0.15) is 13.3 Å². The van der Waals surface area contributed by atoms with Gasteiger partial charge in [-0.3, -0.25) is 9.59 Å². The van der Waals surface area contributed by atoms with Crippen LogP contribution in [0, 0.1) is 5.92 Å². The van der Waals surface area contributed by atoms with Gasteiger partial charge in [0.15, 0.2) is 0 Å². The number of ether oxygens (including phenoxy) is 1. The second kappa shape index (κ2) is 6.51. The third-order valence-electron chi connectivity index (χ3n) is 3.13. The fourth-order valence-corrected chi connectivity index (χ4v) is 2.13. The molecule has 0 aromatic rings. The Morgan fingerprint density at radius 1 is 1.61 bits per heavy atom. The smallest absolute Gasteiger partial charge is 0.311 e. The number of carboxylic acid groups (broad SMARTS) is 1. The van der Waals surface area contributed by atoms with E-state index in [4.69, 9.17) is 15.6 Å². The van der Waals surface area contributed by atoms with E-state index in [0.29, 0.717) is 13.0 Å². The minimum atomic E-state index is -0.943. The first-order valence-corrected chi connectivity index (χ1v) is 6.00. The molecule has 3 unspecified atom stereocenters. The van der Waals surface area contributed by atoms with E-state index in [1.807, 2.05) is 0 Å². The monoisotopic (exact) mass is 256 g/mol. The molecule has 0 bridgehead atoms. The van der Waals surface area contributed by atoms with Crippen molar-refractivity contribution in [1.29, 1.82) is 0 Å². The van der Waals surface area contributed by atoms with Gasteiger partial charge < -0.3 is 20.5 Å². The zero-order chi connectivity index (χ0) is 13.7. The average molecular weight is 256 g/mol. The first kappa shape index (κ1) is 14.7. The summed E-state index contributed by atoms with van der Waals surface area (Å²) in [5.74, 6) is -1.87. The maximum absolute atomic E-state index is 12.1. The summed E-state index contributed by atoms with van der Waals surface area (Å²) in [6.45, 7) is 6.15. The number of nitrogens with two attached hydrogens (primary N) is 1. The van der Waals surface area contributed by atoms with E-state index in [2.05, 4.69) is 6.58 Å². The van der Waals surface area contributed by atoms with Gasteiger partial charge in [-0.15, -0.1) is 6.58 Å². The minimum absolute atomic E-state index is 0.139. The number of rotatable bonds is 6. The summed E-state index contributed by atoms with van der Waals surface area (Å²) >= 11 is 0. The van der Waals surface area contributed by atoms with Gasteiger partial charge in [-0.1, -0.05) is 6.08 Å². The van der Waals surface area contributed by atoms with Crippen molar-refractivity contribution in [1.82, 2.24) is 4.90 Å². The zero-order valence-electron chi connectivity index (χ0n) is 10.5. The summed E-state index contributed by atoms with van der Waals surface area (Å²) < 4.78 is 5.17. The largest absolute Gasteiger partial charge is 0.481 e. The lowest BCUT2D eigenvalue weighted by Crippen LogP contribution is -2.52. The Kier molecular flexibility index (Phi) is 5.30. The van der Waals surface area contributed by atoms with Gasteiger partial charge >= 0.3 is 5.97 Å². The van der Waals surface area contributed by atoms with Gasteiger partial charge in [0, 0.05) is 6.54 Å². The third-order valence-corrected chi connectivity index (χ3v) is 3.13. The molecular weight excluding hydrogens is 236 g/mol. The predicted octanol–water partition coefficient (Wildman–Crippen LogP) is -0.162. The molecule has 0 radical (unpaired) electrons. The predicted molar refractivity (Wildman–Crippen MR) is 65.9 cm³/mol. The fraction of sp³-hybridized carbons (Fsp3) is 0.667. The lowest BCUT2D eigenvalue weighted by molar-refractivity contribution is -0.145. The van der Waals surface area contributed by atoms with Crippen LogP contribution >= 0.6 is 0 Å². The molecule has 0 aliphatic carbocycles. The van der Waals surface area contributed by atoms with E-state index >= 15 is 0 Å². The molecule has 6 heteroatoms. The maximum Gasteiger partial charge on any atom is 0.311 e. The summed E-state index contributed by atoms with van der Waals surface area (Å²) in [7, 11) is 0. The van der Waals surface area contributed by atoms with Gasteiger partial charge in [-0.05, 0) is 13.3 Å². The fourth-order valence-electron chi connectivity index (χ4n) is 2.13. The summed E-state index contributed by atoms with van der Waals surface area (Å²) in [6, 6.07) is -1.10. The highest BCUT2D eigenvalue weighted by molar-refractivity contribution is 5.83.